The first-order valence-corrected chi connectivity index (χ1v) is 5.50. The Kier molecular flexibility index (Phi) is 3.58. The molecule has 18 heavy (non-hydrogen) atoms. The molecule has 0 saturated carbocycles. The second-order valence-corrected chi connectivity index (χ2v) is 4.01. The molecule has 0 radical (unpaired) electrons. The summed E-state index contributed by atoms with van der Waals surface area (Å²) in [6.45, 7) is -0.234. The van der Waals surface area contributed by atoms with E-state index in [4.69, 9.17) is 5.11 Å². The minimum Gasteiger partial charge on any atom is -0.392 e. The minimum absolute atomic E-state index is 0.234. The van der Waals surface area contributed by atoms with Crippen LogP contribution >= 0.6 is 0 Å². The highest BCUT2D eigenvalue weighted by Gasteiger charge is 2.07. The highest BCUT2D eigenvalue weighted by Crippen LogP contribution is 2.25. The molecule has 0 spiro atoms. The van der Waals surface area contributed by atoms with Gasteiger partial charge in [-0.15, -0.1) is 0 Å². The Bertz CT molecular complexity index is 557. The lowest BCUT2D eigenvalue weighted by atomic mass is 10.1. The molecule has 0 amide bonds. The summed E-state index contributed by atoms with van der Waals surface area (Å²) in [5.74, 6) is -0.780. The molecule has 0 aromatic heterocycles. The minimum atomic E-state index is -0.431. The molecule has 1 N–H and O–H groups in total. The molecule has 0 aliphatic rings. The van der Waals surface area contributed by atoms with Gasteiger partial charge >= 0.3 is 0 Å². The zero-order chi connectivity index (χ0) is 13.1. The molecule has 0 heterocycles. The van der Waals surface area contributed by atoms with Crippen LogP contribution in [0.1, 0.15) is 5.56 Å². The van der Waals surface area contributed by atoms with E-state index in [0.29, 0.717) is 16.9 Å². The van der Waals surface area contributed by atoms with E-state index in [1.54, 1.807) is 30.1 Å². The predicted octanol–water partition coefficient (Wildman–Crippen LogP) is 3.23. The van der Waals surface area contributed by atoms with Gasteiger partial charge in [-0.1, -0.05) is 6.07 Å². The van der Waals surface area contributed by atoms with E-state index in [1.807, 2.05) is 0 Å². The zero-order valence-corrected chi connectivity index (χ0v) is 9.90. The lowest BCUT2D eigenvalue weighted by Gasteiger charge is -2.20. The van der Waals surface area contributed by atoms with Gasteiger partial charge in [0.25, 0.3) is 0 Å². The maximum absolute atomic E-state index is 13.4. The third-order valence-corrected chi connectivity index (χ3v) is 2.71. The summed E-state index contributed by atoms with van der Waals surface area (Å²) in [4.78, 5) is 1.66. The van der Waals surface area contributed by atoms with Crippen LogP contribution in [0.15, 0.2) is 42.5 Å². The average molecular weight is 249 g/mol. The summed E-state index contributed by atoms with van der Waals surface area (Å²) in [7, 11) is 1.71. The molecule has 2 aromatic rings. The highest BCUT2D eigenvalue weighted by atomic mass is 19.1. The molecule has 0 saturated heterocycles. The molecule has 0 bridgehead atoms. The Morgan fingerprint density at radius 3 is 2.39 bits per heavy atom. The van der Waals surface area contributed by atoms with E-state index in [0.717, 1.165) is 0 Å². The molecule has 0 aliphatic carbocycles. The summed E-state index contributed by atoms with van der Waals surface area (Å²) in [5, 5.41) is 9.04. The van der Waals surface area contributed by atoms with Crippen LogP contribution in [0, 0.1) is 11.6 Å². The normalized spacial score (nSPS) is 10.4. The lowest BCUT2D eigenvalue weighted by Crippen LogP contribution is -2.10. The molecule has 2 rings (SSSR count). The number of anilines is 2. The number of nitrogens with zero attached hydrogens (tertiary/aromatic N) is 1. The van der Waals surface area contributed by atoms with Crippen molar-refractivity contribution in [3.8, 4) is 0 Å². The van der Waals surface area contributed by atoms with Gasteiger partial charge < -0.3 is 10.0 Å². The number of hydrogen-bond acceptors (Lipinski definition) is 2. The summed E-state index contributed by atoms with van der Waals surface area (Å²) in [6, 6.07) is 10.3. The van der Waals surface area contributed by atoms with Gasteiger partial charge in [-0.05, 0) is 42.0 Å². The fourth-order valence-corrected chi connectivity index (χ4v) is 1.75. The van der Waals surface area contributed by atoms with Gasteiger partial charge in [0.05, 0.1) is 6.61 Å². The first kappa shape index (κ1) is 12.5. The Hall–Kier alpha value is -1.94. The van der Waals surface area contributed by atoms with Crippen LogP contribution in [0.5, 0.6) is 0 Å². The molecule has 0 atom stereocenters. The number of rotatable bonds is 3. The fraction of sp³-hybridized carbons (Fsp3) is 0.143. The van der Waals surface area contributed by atoms with Gasteiger partial charge in [-0.3, -0.25) is 0 Å². The predicted molar refractivity (Wildman–Crippen MR) is 66.8 cm³/mol. The first-order chi connectivity index (χ1) is 8.60. The number of aliphatic hydroxyl groups excluding tert-OH is 1. The van der Waals surface area contributed by atoms with E-state index >= 15 is 0 Å². The van der Waals surface area contributed by atoms with Gasteiger partial charge in [-0.2, -0.15) is 0 Å². The topological polar surface area (TPSA) is 23.5 Å². The monoisotopic (exact) mass is 249 g/mol. The Morgan fingerprint density at radius 1 is 1.00 bits per heavy atom. The number of aliphatic hydroxyl groups is 1. The van der Waals surface area contributed by atoms with Crippen LogP contribution in [-0.2, 0) is 6.61 Å². The van der Waals surface area contributed by atoms with Crippen LogP contribution in [-0.4, -0.2) is 12.2 Å². The maximum Gasteiger partial charge on any atom is 0.125 e. The third kappa shape index (κ3) is 2.65. The quantitative estimate of drug-likeness (QED) is 0.902. The van der Waals surface area contributed by atoms with Crippen LogP contribution < -0.4 is 4.90 Å². The molecule has 94 valence electrons. The summed E-state index contributed by atoms with van der Waals surface area (Å²) < 4.78 is 26.5. The van der Waals surface area contributed by atoms with Crippen LogP contribution in [0.25, 0.3) is 0 Å². The van der Waals surface area contributed by atoms with Crippen LogP contribution in [0.3, 0.4) is 0 Å². The van der Waals surface area contributed by atoms with Gasteiger partial charge in [0.2, 0.25) is 0 Å². The molecule has 0 unspecified atom stereocenters. The Labute approximate surface area is 104 Å². The molecule has 4 heteroatoms. The van der Waals surface area contributed by atoms with Crippen molar-refractivity contribution in [1.82, 2.24) is 0 Å². The van der Waals surface area contributed by atoms with E-state index in [-0.39, 0.29) is 12.4 Å². The highest BCUT2D eigenvalue weighted by molar-refractivity contribution is 5.63. The molecular weight excluding hydrogens is 236 g/mol. The average Bonchev–Trinajstić information content (AvgIpc) is 2.37. The van der Waals surface area contributed by atoms with E-state index < -0.39 is 5.82 Å². The Morgan fingerprint density at radius 2 is 1.72 bits per heavy atom. The van der Waals surface area contributed by atoms with Crippen molar-refractivity contribution in [2.45, 2.75) is 6.61 Å². The molecular formula is C14H13F2NO. The number of hydrogen-bond donors (Lipinski definition) is 1. The molecule has 2 aromatic carbocycles. The van der Waals surface area contributed by atoms with Crippen LogP contribution in [0.4, 0.5) is 20.2 Å². The van der Waals surface area contributed by atoms with Crippen molar-refractivity contribution in [3.05, 3.63) is 59.7 Å². The van der Waals surface area contributed by atoms with Gasteiger partial charge in [0.1, 0.15) is 11.6 Å². The van der Waals surface area contributed by atoms with Crippen LogP contribution in [0.2, 0.25) is 0 Å². The van der Waals surface area contributed by atoms with Crippen molar-refractivity contribution in [3.63, 3.8) is 0 Å². The summed E-state index contributed by atoms with van der Waals surface area (Å²) >= 11 is 0. The van der Waals surface area contributed by atoms with E-state index in [1.165, 1.54) is 24.3 Å². The smallest absolute Gasteiger partial charge is 0.125 e. The SMILES string of the molecule is CN(c1cccc(F)c1)c1cc(F)cc(CO)c1. The maximum atomic E-state index is 13.4. The second-order valence-electron chi connectivity index (χ2n) is 4.01. The summed E-state index contributed by atoms with van der Waals surface area (Å²) in [5.41, 5.74) is 1.65. The summed E-state index contributed by atoms with van der Waals surface area (Å²) in [6.07, 6.45) is 0. The van der Waals surface area contributed by atoms with Crippen molar-refractivity contribution in [2.24, 2.45) is 0 Å². The fourth-order valence-electron chi connectivity index (χ4n) is 1.75. The van der Waals surface area contributed by atoms with Crippen molar-refractivity contribution < 1.29 is 13.9 Å². The van der Waals surface area contributed by atoms with Gasteiger partial charge in [0, 0.05) is 18.4 Å². The van der Waals surface area contributed by atoms with Gasteiger partial charge in [0.15, 0.2) is 0 Å². The number of benzene rings is 2. The molecule has 0 fully saturated rings. The van der Waals surface area contributed by atoms with E-state index in [2.05, 4.69) is 0 Å². The lowest BCUT2D eigenvalue weighted by molar-refractivity contribution is 0.281. The zero-order valence-electron chi connectivity index (χ0n) is 9.90. The third-order valence-electron chi connectivity index (χ3n) is 2.71. The van der Waals surface area contributed by atoms with Crippen molar-refractivity contribution in [1.29, 1.82) is 0 Å². The van der Waals surface area contributed by atoms with E-state index in [9.17, 15) is 8.78 Å². The Balaban J connectivity index is 2.39. The standard InChI is InChI=1S/C14H13F2NO/c1-17(13-4-2-3-11(15)7-13)14-6-10(9-18)5-12(16)8-14/h2-8,18H,9H2,1H3. The van der Waals surface area contributed by atoms with Gasteiger partial charge in [-0.25, -0.2) is 8.78 Å². The second kappa shape index (κ2) is 5.14. The molecule has 0 aliphatic heterocycles. The number of halogens is 2. The van der Waals surface area contributed by atoms with Crippen molar-refractivity contribution in [2.75, 3.05) is 11.9 Å². The first-order valence-electron chi connectivity index (χ1n) is 5.50. The molecule has 2 nitrogen and oxygen atoms in total. The largest absolute Gasteiger partial charge is 0.392 e. The van der Waals surface area contributed by atoms with Crippen molar-refractivity contribution >= 4 is 11.4 Å².